The molecule has 4 aromatic rings. The highest BCUT2D eigenvalue weighted by Gasteiger charge is 2.48. The van der Waals surface area contributed by atoms with Crippen molar-refractivity contribution in [3.63, 3.8) is 0 Å². The van der Waals surface area contributed by atoms with Crippen LogP contribution in [-0.4, -0.2) is 40.1 Å². The second-order valence-corrected chi connectivity index (χ2v) is 11.6. The van der Waals surface area contributed by atoms with Crippen LogP contribution in [-0.2, 0) is 20.1 Å². The van der Waals surface area contributed by atoms with Gasteiger partial charge in [-0.25, -0.2) is 9.18 Å². The Morgan fingerprint density at radius 1 is 1.10 bits per heavy atom. The number of aryl methyl sites for hydroxylation is 1. The number of aliphatic hydroxyl groups is 1. The summed E-state index contributed by atoms with van der Waals surface area (Å²) in [5.74, 6) is -3.07. The standard InChI is InChI=1S/C29H21ClFN3O5S2/c1-15-7-8-18(13-21(15)31)24(35)22-23(16-9-11-17(12-10-16)27(38)39-2)34(26(37)25(22)36)28-32-33-29(41-28)40-14-19-5-3-4-6-20(19)30/h3-13,23,35H,14H2,1-2H3/b24-22-. The predicted molar refractivity (Wildman–Crippen MR) is 155 cm³/mol. The van der Waals surface area contributed by atoms with Crippen LogP contribution >= 0.6 is 34.7 Å². The molecule has 0 saturated carbocycles. The molecule has 41 heavy (non-hydrogen) atoms. The van der Waals surface area contributed by atoms with Crippen LogP contribution in [0, 0.1) is 12.7 Å². The highest BCUT2D eigenvalue weighted by atomic mass is 35.5. The van der Waals surface area contributed by atoms with E-state index in [1.807, 2.05) is 18.2 Å². The molecule has 8 nitrogen and oxygen atoms in total. The summed E-state index contributed by atoms with van der Waals surface area (Å²) in [6, 6.07) is 16.4. The summed E-state index contributed by atoms with van der Waals surface area (Å²) in [6.07, 6.45) is 0. The zero-order valence-electron chi connectivity index (χ0n) is 21.6. The largest absolute Gasteiger partial charge is 0.507 e. The number of ether oxygens (including phenoxy) is 1. The van der Waals surface area contributed by atoms with Crippen LogP contribution in [0.3, 0.4) is 0 Å². The Morgan fingerprint density at radius 3 is 2.49 bits per heavy atom. The molecule has 1 aromatic heterocycles. The average molecular weight is 610 g/mol. The summed E-state index contributed by atoms with van der Waals surface area (Å²) in [6.45, 7) is 1.57. The number of benzene rings is 3. The highest BCUT2D eigenvalue weighted by molar-refractivity contribution is 8.00. The van der Waals surface area contributed by atoms with Crippen molar-refractivity contribution in [2.75, 3.05) is 12.0 Å². The van der Waals surface area contributed by atoms with Crippen LogP contribution in [0.15, 0.2) is 76.6 Å². The number of carbonyl (C=O) groups is 3. The van der Waals surface area contributed by atoms with Crippen LogP contribution in [0.1, 0.15) is 38.7 Å². The van der Waals surface area contributed by atoms with Gasteiger partial charge in [0.05, 0.1) is 24.3 Å². The topological polar surface area (TPSA) is 110 Å². The maximum absolute atomic E-state index is 14.4. The molecule has 12 heteroatoms. The van der Waals surface area contributed by atoms with E-state index in [1.54, 1.807) is 25.1 Å². The minimum absolute atomic E-state index is 0.0375. The van der Waals surface area contributed by atoms with Gasteiger partial charge in [-0.05, 0) is 47.9 Å². The molecule has 1 amide bonds. The molecule has 0 bridgehead atoms. The third-order valence-electron chi connectivity index (χ3n) is 6.45. The van der Waals surface area contributed by atoms with Crippen LogP contribution in [0.4, 0.5) is 9.52 Å². The van der Waals surface area contributed by atoms with Crippen LogP contribution < -0.4 is 4.90 Å². The maximum atomic E-state index is 14.4. The quantitative estimate of drug-likeness (QED) is 0.0645. The molecule has 1 fully saturated rings. The number of Topliss-reactive ketones (excluding diaryl/α,β-unsaturated/α-hetero) is 1. The van der Waals surface area contributed by atoms with Gasteiger partial charge in [0.2, 0.25) is 5.13 Å². The summed E-state index contributed by atoms with van der Waals surface area (Å²) in [7, 11) is 1.25. The number of amides is 1. The number of nitrogens with zero attached hydrogens (tertiary/aromatic N) is 3. The molecule has 1 aliphatic rings. The number of aromatic nitrogens is 2. The van der Waals surface area contributed by atoms with E-state index in [0.29, 0.717) is 26.2 Å². The summed E-state index contributed by atoms with van der Waals surface area (Å²) in [4.78, 5) is 39.9. The minimum atomic E-state index is -1.12. The molecule has 1 saturated heterocycles. The number of thioether (sulfide) groups is 1. The lowest BCUT2D eigenvalue weighted by molar-refractivity contribution is -0.132. The Kier molecular flexibility index (Phi) is 8.20. The second-order valence-electron chi connectivity index (χ2n) is 8.98. The molecule has 3 aromatic carbocycles. The first-order valence-electron chi connectivity index (χ1n) is 12.1. The van der Waals surface area contributed by atoms with E-state index < -0.39 is 35.3 Å². The van der Waals surface area contributed by atoms with Crippen molar-refractivity contribution in [3.8, 4) is 0 Å². The highest BCUT2D eigenvalue weighted by Crippen LogP contribution is 2.44. The molecule has 0 radical (unpaired) electrons. The van der Waals surface area contributed by atoms with Gasteiger partial charge in [-0.2, -0.15) is 0 Å². The molecule has 208 valence electrons. The fraction of sp³-hybridized carbons (Fsp3) is 0.138. The number of hydrogen-bond acceptors (Lipinski definition) is 9. The lowest BCUT2D eigenvalue weighted by Crippen LogP contribution is -2.29. The maximum Gasteiger partial charge on any atom is 0.337 e. The van der Waals surface area contributed by atoms with Gasteiger partial charge < -0.3 is 9.84 Å². The summed E-state index contributed by atoms with van der Waals surface area (Å²) in [5, 5.41) is 20.3. The first kappa shape index (κ1) is 28.5. The number of anilines is 1. The molecule has 0 spiro atoms. The van der Waals surface area contributed by atoms with Crippen molar-refractivity contribution >= 4 is 63.3 Å². The second kappa shape index (κ2) is 11.8. The van der Waals surface area contributed by atoms with E-state index >= 15 is 0 Å². The van der Waals surface area contributed by atoms with Crippen LogP contribution in [0.5, 0.6) is 0 Å². The van der Waals surface area contributed by atoms with E-state index in [2.05, 4.69) is 10.2 Å². The van der Waals surface area contributed by atoms with Gasteiger partial charge in [-0.15, -0.1) is 10.2 Å². The normalized spacial score (nSPS) is 16.3. The van der Waals surface area contributed by atoms with Gasteiger partial charge in [-0.3, -0.25) is 14.5 Å². The van der Waals surface area contributed by atoms with Crippen molar-refractivity contribution in [1.82, 2.24) is 10.2 Å². The zero-order valence-corrected chi connectivity index (χ0v) is 24.0. The number of hydrogen-bond donors (Lipinski definition) is 1. The average Bonchev–Trinajstić information content (AvgIpc) is 3.55. The third kappa shape index (κ3) is 5.61. The number of halogens is 2. The smallest absolute Gasteiger partial charge is 0.337 e. The lowest BCUT2D eigenvalue weighted by Gasteiger charge is -2.22. The first-order valence-corrected chi connectivity index (χ1v) is 14.3. The fourth-order valence-corrected chi connectivity index (χ4v) is 6.43. The van der Waals surface area contributed by atoms with E-state index in [0.717, 1.165) is 27.9 Å². The first-order chi connectivity index (χ1) is 19.7. The monoisotopic (exact) mass is 609 g/mol. The number of carbonyl (C=O) groups excluding carboxylic acids is 3. The predicted octanol–water partition coefficient (Wildman–Crippen LogP) is 6.34. The molecule has 1 unspecified atom stereocenters. The Bertz CT molecular complexity index is 1710. The van der Waals surface area contributed by atoms with Gasteiger partial charge in [-0.1, -0.05) is 77.2 Å². The van der Waals surface area contributed by atoms with Crippen LogP contribution in [0.2, 0.25) is 5.02 Å². The van der Waals surface area contributed by atoms with E-state index in [9.17, 15) is 23.9 Å². The molecule has 1 N–H and O–H groups in total. The lowest BCUT2D eigenvalue weighted by atomic mass is 9.94. The van der Waals surface area contributed by atoms with Gasteiger partial charge in [0.25, 0.3) is 5.78 Å². The minimum Gasteiger partial charge on any atom is -0.507 e. The molecule has 5 rings (SSSR count). The van der Waals surface area contributed by atoms with Crippen molar-refractivity contribution in [2.45, 2.75) is 23.1 Å². The Labute approximate surface area is 247 Å². The number of esters is 1. The van der Waals surface area contributed by atoms with E-state index in [-0.39, 0.29) is 21.8 Å². The third-order valence-corrected chi connectivity index (χ3v) is 8.92. The number of rotatable bonds is 7. The number of methoxy groups -OCH3 is 1. The molecule has 1 aliphatic heterocycles. The van der Waals surface area contributed by atoms with Crippen LogP contribution in [0.25, 0.3) is 5.76 Å². The molecule has 0 aliphatic carbocycles. The van der Waals surface area contributed by atoms with E-state index in [1.165, 1.54) is 43.1 Å². The van der Waals surface area contributed by atoms with Crippen molar-refractivity contribution in [3.05, 3.63) is 111 Å². The number of aliphatic hydroxyl groups excluding tert-OH is 1. The van der Waals surface area contributed by atoms with E-state index in [4.69, 9.17) is 16.3 Å². The van der Waals surface area contributed by atoms with Crippen molar-refractivity contribution in [2.24, 2.45) is 0 Å². The van der Waals surface area contributed by atoms with Gasteiger partial charge >= 0.3 is 11.9 Å². The van der Waals surface area contributed by atoms with Crippen molar-refractivity contribution < 1.29 is 28.6 Å². The van der Waals surface area contributed by atoms with Gasteiger partial charge in [0.15, 0.2) is 4.34 Å². The SMILES string of the molecule is COC(=O)c1ccc(C2/C(=C(/O)c3ccc(C)c(F)c3)C(=O)C(=O)N2c2nnc(SCc3ccccc3Cl)s2)cc1. The Morgan fingerprint density at radius 2 is 1.80 bits per heavy atom. The van der Waals surface area contributed by atoms with Gasteiger partial charge in [0, 0.05) is 16.3 Å². The molecule has 2 heterocycles. The summed E-state index contributed by atoms with van der Waals surface area (Å²) >= 11 is 8.72. The van der Waals surface area contributed by atoms with Gasteiger partial charge in [0.1, 0.15) is 11.6 Å². The fourth-order valence-electron chi connectivity index (χ4n) is 4.27. The molecule has 1 atom stereocenters. The molecular weight excluding hydrogens is 589 g/mol. The Balaban J connectivity index is 1.57. The Hall–Kier alpha value is -4.06. The van der Waals surface area contributed by atoms with Crippen molar-refractivity contribution in [1.29, 1.82) is 0 Å². The molecular formula is C29H21ClFN3O5S2. The zero-order chi connectivity index (χ0) is 29.3. The summed E-state index contributed by atoms with van der Waals surface area (Å²) in [5.41, 5.74) is 1.70. The number of ketones is 1. The summed E-state index contributed by atoms with van der Waals surface area (Å²) < 4.78 is 19.7.